The van der Waals surface area contributed by atoms with E-state index >= 15 is 0 Å². The topological polar surface area (TPSA) is 75.7 Å². The van der Waals surface area contributed by atoms with Gasteiger partial charge in [-0.25, -0.2) is 0 Å². The lowest BCUT2D eigenvalue weighted by Gasteiger charge is -2.17. The van der Waals surface area contributed by atoms with Crippen molar-refractivity contribution in [2.24, 2.45) is 5.92 Å². The molecule has 0 aliphatic carbocycles. The second-order valence-corrected chi connectivity index (χ2v) is 7.41. The van der Waals surface area contributed by atoms with E-state index in [2.05, 4.69) is 5.32 Å². The SMILES string of the molecule is CCc1ccccc1NC(=O)COC(=O)[C@H]1CC(=O)N(c2ccc(C)c(Cl)c2)C1. The Balaban J connectivity index is 1.55. The van der Waals surface area contributed by atoms with Crippen LogP contribution in [0.2, 0.25) is 5.02 Å². The average molecular weight is 415 g/mol. The van der Waals surface area contributed by atoms with Gasteiger partial charge in [-0.15, -0.1) is 0 Å². The minimum atomic E-state index is -0.613. The van der Waals surface area contributed by atoms with Crippen molar-refractivity contribution in [3.05, 3.63) is 58.6 Å². The van der Waals surface area contributed by atoms with Gasteiger partial charge in [0, 0.05) is 29.4 Å². The molecule has 1 fully saturated rings. The van der Waals surface area contributed by atoms with Crippen LogP contribution in [0.4, 0.5) is 11.4 Å². The van der Waals surface area contributed by atoms with Gasteiger partial charge in [-0.3, -0.25) is 14.4 Å². The normalized spacial score (nSPS) is 16.0. The number of carbonyl (C=O) groups is 3. The van der Waals surface area contributed by atoms with Gasteiger partial charge in [0.25, 0.3) is 5.91 Å². The third-order valence-electron chi connectivity index (χ3n) is 4.94. The molecule has 1 N–H and O–H groups in total. The van der Waals surface area contributed by atoms with Gasteiger partial charge in [0.15, 0.2) is 6.61 Å². The van der Waals surface area contributed by atoms with E-state index in [1.165, 1.54) is 4.90 Å². The number of halogens is 1. The molecular weight excluding hydrogens is 392 g/mol. The maximum atomic E-state index is 12.4. The van der Waals surface area contributed by atoms with Gasteiger partial charge < -0.3 is 15.0 Å². The third kappa shape index (κ3) is 4.95. The van der Waals surface area contributed by atoms with Gasteiger partial charge >= 0.3 is 5.97 Å². The van der Waals surface area contributed by atoms with E-state index in [-0.39, 0.29) is 18.9 Å². The number of anilines is 2. The number of hydrogen-bond donors (Lipinski definition) is 1. The maximum absolute atomic E-state index is 12.4. The number of nitrogens with zero attached hydrogens (tertiary/aromatic N) is 1. The number of amides is 2. The highest BCUT2D eigenvalue weighted by molar-refractivity contribution is 6.31. The fourth-order valence-corrected chi connectivity index (χ4v) is 3.43. The molecule has 1 atom stereocenters. The number of carbonyl (C=O) groups excluding carboxylic acids is 3. The van der Waals surface area contributed by atoms with Crippen molar-refractivity contribution in [1.82, 2.24) is 0 Å². The van der Waals surface area contributed by atoms with Crippen molar-refractivity contribution >= 4 is 40.8 Å². The number of ether oxygens (including phenoxy) is 1. The van der Waals surface area contributed by atoms with Crippen LogP contribution in [0.3, 0.4) is 0 Å². The van der Waals surface area contributed by atoms with Crippen molar-refractivity contribution in [2.75, 3.05) is 23.4 Å². The minimum Gasteiger partial charge on any atom is -0.455 e. The van der Waals surface area contributed by atoms with E-state index < -0.39 is 24.4 Å². The van der Waals surface area contributed by atoms with Crippen LogP contribution < -0.4 is 10.2 Å². The average Bonchev–Trinajstić information content (AvgIpc) is 3.10. The first kappa shape index (κ1) is 20.9. The van der Waals surface area contributed by atoms with Crippen LogP contribution in [-0.4, -0.2) is 30.9 Å². The lowest BCUT2D eigenvalue weighted by molar-refractivity contribution is -0.151. The molecule has 2 aromatic rings. The number of nitrogens with one attached hydrogen (secondary N) is 1. The van der Waals surface area contributed by atoms with E-state index in [9.17, 15) is 14.4 Å². The Morgan fingerprint density at radius 3 is 2.72 bits per heavy atom. The number of rotatable bonds is 6. The number of benzene rings is 2. The van der Waals surface area contributed by atoms with Crippen molar-refractivity contribution in [1.29, 1.82) is 0 Å². The molecule has 6 nitrogen and oxygen atoms in total. The van der Waals surface area contributed by atoms with Crippen molar-refractivity contribution in [2.45, 2.75) is 26.7 Å². The summed E-state index contributed by atoms with van der Waals surface area (Å²) in [6, 6.07) is 12.8. The van der Waals surface area contributed by atoms with E-state index in [0.29, 0.717) is 16.4 Å². The first-order valence-corrected chi connectivity index (χ1v) is 9.87. The summed E-state index contributed by atoms with van der Waals surface area (Å²) in [5, 5.41) is 3.31. The molecule has 29 heavy (non-hydrogen) atoms. The molecule has 0 saturated carbocycles. The summed E-state index contributed by atoms with van der Waals surface area (Å²) in [5.74, 6) is -1.75. The Kier molecular flexibility index (Phi) is 6.54. The van der Waals surface area contributed by atoms with Crippen molar-refractivity contribution < 1.29 is 19.1 Å². The maximum Gasteiger partial charge on any atom is 0.311 e. The number of para-hydroxylation sites is 1. The lowest BCUT2D eigenvalue weighted by atomic mass is 10.1. The van der Waals surface area contributed by atoms with Crippen molar-refractivity contribution in [3.8, 4) is 0 Å². The fraction of sp³-hybridized carbons (Fsp3) is 0.318. The van der Waals surface area contributed by atoms with Crippen LogP contribution in [0.15, 0.2) is 42.5 Å². The molecule has 1 aliphatic heterocycles. The van der Waals surface area contributed by atoms with Gasteiger partial charge in [-0.1, -0.05) is 42.8 Å². The highest BCUT2D eigenvalue weighted by Gasteiger charge is 2.36. The zero-order chi connectivity index (χ0) is 21.0. The van der Waals surface area contributed by atoms with Crippen LogP contribution in [0.25, 0.3) is 0 Å². The monoisotopic (exact) mass is 414 g/mol. The predicted octanol–water partition coefficient (Wildman–Crippen LogP) is 3.75. The van der Waals surface area contributed by atoms with Gasteiger partial charge in [-0.05, 0) is 42.7 Å². The van der Waals surface area contributed by atoms with Gasteiger partial charge in [0.2, 0.25) is 5.91 Å². The largest absolute Gasteiger partial charge is 0.455 e. The summed E-state index contributed by atoms with van der Waals surface area (Å²) < 4.78 is 5.15. The van der Waals surface area contributed by atoms with E-state index in [0.717, 1.165) is 17.5 Å². The molecule has 2 aromatic carbocycles. The van der Waals surface area contributed by atoms with Crippen LogP contribution in [0.1, 0.15) is 24.5 Å². The molecule has 7 heteroatoms. The zero-order valence-corrected chi connectivity index (χ0v) is 17.2. The minimum absolute atomic E-state index is 0.0462. The molecule has 0 bridgehead atoms. The molecule has 2 amide bonds. The molecule has 0 radical (unpaired) electrons. The van der Waals surface area contributed by atoms with E-state index in [4.69, 9.17) is 16.3 Å². The first-order valence-electron chi connectivity index (χ1n) is 9.50. The van der Waals surface area contributed by atoms with Crippen molar-refractivity contribution in [3.63, 3.8) is 0 Å². The number of aryl methyl sites for hydroxylation is 2. The first-order chi connectivity index (χ1) is 13.9. The summed E-state index contributed by atoms with van der Waals surface area (Å²) in [4.78, 5) is 38.4. The Hall–Kier alpha value is -2.86. The summed E-state index contributed by atoms with van der Waals surface area (Å²) in [7, 11) is 0. The molecule has 1 saturated heterocycles. The van der Waals surface area contributed by atoms with Crippen LogP contribution >= 0.6 is 11.6 Å². The summed E-state index contributed by atoms with van der Waals surface area (Å²) in [5.41, 5.74) is 3.26. The molecule has 0 aromatic heterocycles. The van der Waals surface area contributed by atoms with Gasteiger partial charge in [0.1, 0.15) is 0 Å². The highest BCUT2D eigenvalue weighted by atomic mass is 35.5. The van der Waals surface area contributed by atoms with Crippen LogP contribution in [0.5, 0.6) is 0 Å². The smallest absolute Gasteiger partial charge is 0.311 e. The second-order valence-electron chi connectivity index (χ2n) is 7.01. The number of esters is 1. The predicted molar refractivity (Wildman–Crippen MR) is 112 cm³/mol. The third-order valence-corrected chi connectivity index (χ3v) is 5.35. The van der Waals surface area contributed by atoms with E-state index in [1.807, 2.05) is 38.1 Å². The van der Waals surface area contributed by atoms with Gasteiger partial charge in [-0.2, -0.15) is 0 Å². The molecule has 152 valence electrons. The number of hydrogen-bond acceptors (Lipinski definition) is 4. The zero-order valence-electron chi connectivity index (χ0n) is 16.4. The fourth-order valence-electron chi connectivity index (χ4n) is 3.26. The Labute approximate surface area is 174 Å². The highest BCUT2D eigenvalue weighted by Crippen LogP contribution is 2.29. The lowest BCUT2D eigenvalue weighted by Crippen LogP contribution is -2.28. The molecule has 0 unspecified atom stereocenters. The summed E-state index contributed by atoms with van der Waals surface area (Å²) in [6.07, 6.45) is 0.823. The van der Waals surface area contributed by atoms with Crippen LogP contribution in [-0.2, 0) is 25.5 Å². The molecular formula is C22H23ClN2O4. The molecule has 1 heterocycles. The summed E-state index contributed by atoms with van der Waals surface area (Å²) in [6.45, 7) is 3.69. The standard InChI is InChI=1S/C22H23ClN2O4/c1-3-15-6-4-5-7-19(15)24-20(26)13-29-22(28)16-10-21(27)25(12-16)17-9-8-14(2)18(23)11-17/h4-9,11,16H,3,10,12-13H2,1-2H3,(H,24,26)/t16-/m0/s1. The Morgan fingerprint density at radius 2 is 2.00 bits per heavy atom. The molecule has 0 spiro atoms. The summed E-state index contributed by atoms with van der Waals surface area (Å²) >= 11 is 6.14. The van der Waals surface area contributed by atoms with Gasteiger partial charge in [0.05, 0.1) is 5.92 Å². The Morgan fingerprint density at radius 1 is 1.24 bits per heavy atom. The quantitative estimate of drug-likeness (QED) is 0.730. The molecule has 1 aliphatic rings. The molecule has 3 rings (SSSR count). The van der Waals surface area contributed by atoms with Crippen LogP contribution in [0, 0.1) is 12.8 Å². The van der Waals surface area contributed by atoms with E-state index in [1.54, 1.807) is 18.2 Å². The Bertz CT molecular complexity index is 944. The second kappa shape index (κ2) is 9.09.